The third-order valence-corrected chi connectivity index (χ3v) is 4.90. The number of aliphatic hydroxyl groups excluding tert-OH is 1. The van der Waals surface area contributed by atoms with Crippen LogP contribution >= 0.6 is 0 Å². The molecule has 1 amide bonds. The molecule has 1 unspecified atom stereocenters. The van der Waals surface area contributed by atoms with Crippen LogP contribution < -0.4 is 0 Å². The van der Waals surface area contributed by atoms with E-state index in [1.54, 1.807) is 17.3 Å². The van der Waals surface area contributed by atoms with Gasteiger partial charge in [-0.3, -0.25) is 9.59 Å². The molecule has 1 saturated heterocycles. The molecule has 1 aliphatic heterocycles. The van der Waals surface area contributed by atoms with E-state index in [1.165, 1.54) is 0 Å². The molecule has 2 heterocycles. The van der Waals surface area contributed by atoms with Crippen molar-refractivity contribution in [2.45, 2.75) is 50.7 Å². The smallest absolute Gasteiger partial charge is 0.307 e. The maximum absolute atomic E-state index is 13.0. The number of nitrogens with one attached hydrogen (secondary N) is 1. The zero-order valence-electron chi connectivity index (χ0n) is 13.2. The van der Waals surface area contributed by atoms with Crippen molar-refractivity contribution in [1.29, 1.82) is 0 Å². The average molecular weight is 321 g/mol. The lowest BCUT2D eigenvalue weighted by molar-refractivity contribution is -0.156. The number of carbonyl (C=O) groups is 2. The van der Waals surface area contributed by atoms with Crippen molar-refractivity contribution >= 4 is 11.9 Å². The molecule has 1 saturated carbocycles. The summed E-state index contributed by atoms with van der Waals surface area (Å²) >= 11 is 0. The normalized spacial score (nSPS) is 23.0. The molecular formula is C16H23N3O4. The van der Waals surface area contributed by atoms with E-state index < -0.39 is 11.5 Å². The molecule has 7 nitrogen and oxygen atoms in total. The lowest BCUT2D eigenvalue weighted by Crippen LogP contribution is -2.47. The minimum atomic E-state index is -0.636. The molecule has 23 heavy (non-hydrogen) atoms. The zero-order chi connectivity index (χ0) is 16.3. The van der Waals surface area contributed by atoms with Crippen LogP contribution in [0.15, 0.2) is 12.4 Å². The minimum Gasteiger partial charge on any atom is -0.458 e. The first-order chi connectivity index (χ1) is 11.1. The van der Waals surface area contributed by atoms with E-state index in [4.69, 9.17) is 4.74 Å². The number of carbonyl (C=O) groups excluding carboxylic acids is 2. The second kappa shape index (κ2) is 6.70. The predicted molar refractivity (Wildman–Crippen MR) is 81.1 cm³/mol. The van der Waals surface area contributed by atoms with Gasteiger partial charge >= 0.3 is 5.97 Å². The Hall–Kier alpha value is -1.89. The Morgan fingerprint density at radius 2 is 2.22 bits per heavy atom. The van der Waals surface area contributed by atoms with Crippen molar-refractivity contribution in [2.75, 3.05) is 13.2 Å². The molecule has 7 heteroatoms. The number of aromatic nitrogens is 2. The van der Waals surface area contributed by atoms with Gasteiger partial charge < -0.3 is 19.7 Å². The number of aromatic amines is 1. The second-order valence-electron chi connectivity index (χ2n) is 6.38. The highest BCUT2D eigenvalue weighted by molar-refractivity contribution is 5.88. The Balaban J connectivity index is 1.78. The molecule has 1 aromatic heterocycles. The number of ether oxygens (including phenoxy) is 1. The Bertz CT molecular complexity index is 552. The molecule has 0 radical (unpaired) electrons. The largest absolute Gasteiger partial charge is 0.458 e. The van der Waals surface area contributed by atoms with Crippen molar-refractivity contribution in [3.05, 3.63) is 18.2 Å². The van der Waals surface area contributed by atoms with Crippen molar-refractivity contribution in [3.8, 4) is 0 Å². The Morgan fingerprint density at radius 1 is 1.43 bits per heavy atom. The second-order valence-corrected chi connectivity index (χ2v) is 6.38. The van der Waals surface area contributed by atoms with Crippen LogP contribution in [0.1, 0.15) is 44.3 Å². The fraction of sp³-hybridized carbons (Fsp3) is 0.688. The number of nitrogens with zero attached hydrogens (tertiary/aromatic N) is 2. The highest BCUT2D eigenvalue weighted by Crippen LogP contribution is 2.44. The Morgan fingerprint density at radius 3 is 2.87 bits per heavy atom. The van der Waals surface area contributed by atoms with Crippen LogP contribution in [0.3, 0.4) is 0 Å². The van der Waals surface area contributed by atoms with Gasteiger partial charge in [0.15, 0.2) is 0 Å². The van der Waals surface area contributed by atoms with Crippen LogP contribution in [-0.2, 0) is 20.9 Å². The molecule has 126 valence electrons. The Labute approximate surface area is 135 Å². The standard InChI is InChI=1S/C16H23N3O4/c20-9-8-19(11-13-17-6-7-18-13)15(22)12-10-14(21)23-16(12)4-2-1-3-5-16/h6-7,12,20H,1-5,8-11H2,(H,17,18). The third-order valence-electron chi connectivity index (χ3n) is 4.90. The van der Waals surface area contributed by atoms with Gasteiger partial charge in [0.25, 0.3) is 0 Å². The van der Waals surface area contributed by atoms with Gasteiger partial charge in [0.05, 0.1) is 25.5 Å². The predicted octanol–water partition coefficient (Wildman–Crippen LogP) is 0.997. The summed E-state index contributed by atoms with van der Waals surface area (Å²) in [6, 6.07) is 0. The SMILES string of the molecule is O=C1CC(C(=O)N(CCO)Cc2ncc[nH]2)C2(CCCCC2)O1. The lowest BCUT2D eigenvalue weighted by Gasteiger charge is -2.37. The van der Waals surface area contributed by atoms with E-state index in [0.717, 1.165) is 32.1 Å². The van der Waals surface area contributed by atoms with Gasteiger partial charge in [-0.1, -0.05) is 6.42 Å². The van der Waals surface area contributed by atoms with E-state index in [0.29, 0.717) is 12.4 Å². The summed E-state index contributed by atoms with van der Waals surface area (Å²) in [5, 5.41) is 9.29. The molecule has 2 fully saturated rings. The molecule has 1 atom stereocenters. The summed E-state index contributed by atoms with van der Waals surface area (Å²) in [4.78, 5) is 33.6. The van der Waals surface area contributed by atoms with Crippen molar-refractivity contribution < 1.29 is 19.4 Å². The zero-order valence-corrected chi connectivity index (χ0v) is 13.2. The highest BCUT2D eigenvalue weighted by Gasteiger charge is 2.53. The van der Waals surface area contributed by atoms with Gasteiger partial charge in [0.1, 0.15) is 11.4 Å². The molecule has 0 aromatic carbocycles. The summed E-state index contributed by atoms with van der Waals surface area (Å²) < 4.78 is 5.61. The summed E-state index contributed by atoms with van der Waals surface area (Å²) in [6.45, 7) is 0.397. The topological polar surface area (TPSA) is 95.5 Å². The van der Waals surface area contributed by atoms with Crippen LogP contribution in [0.25, 0.3) is 0 Å². The van der Waals surface area contributed by atoms with Gasteiger partial charge in [0.2, 0.25) is 5.91 Å². The maximum atomic E-state index is 13.0. The van der Waals surface area contributed by atoms with Crippen LogP contribution in [0, 0.1) is 5.92 Å². The molecule has 1 spiro atoms. The number of amides is 1. The van der Waals surface area contributed by atoms with Crippen LogP contribution in [0.2, 0.25) is 0 Å². The molecule has 3 rings (SSSR count). The number of hydrogen-bond donors (Lipinski definition) is 2. The average Bonchev–Trinajstić information content (AvgIpc) is 3.15. The van der Waals surface area contributed by atoms with Gasteiger partial charge in [-0.2, -0.15) is 0 Å². The number of imidazole rings is 1. The van der Waals surface area contributed by atoms with E-state index >= 15 is 0 Å². The van der Waals surface area contributed by atoms with Crippen molar-refractivity contribution in [3.63, 3.8) is 0 Å². The highest BCUT2D eigenvalue weighted by atomic mass is 16.6. The fourth-order valence-corrected chi connectivity index (χ4v) is 3.78. The molecule has 2 N–H and O–H groups in total. The van der Waals surface area contributed by atoms with Gasteiger partial charge in [0, 0.05) is 18.9 Å². The van der Waals surface area contributed by atoms with E-state index in [1.807, 2.05) is 0 Å². The first-order valence-corrected chi connectivity index (χ1v) is 8.24. The summed E-state index contributed by atoms with van der Waals surface area (Å²) in [5.41, 5.74) is -0.636. The molecule has 1 aliphatic carbocycles. The van der Waals surface area contributed by atoms with E-state index in [2.05, 4.69) is 9.97 Å². The number of aliphatic hydroxyl groups is 1. The van der Waals surface area contributed by atoms with E-state index in [-0.39, 0.29) is 31.4 Å². The molecule has 0 bridgehead atoms. The Kier molecular flexibility index (Phi) is 4.66. The van der Waals surface area contributed by atoms with Gasteiger partial charge in [-0.05, 0) is 25.7 Å². The van der Waals surface area contributed by atoms with Crippen LogP contribution in [0.4, 0.5) is 0 Å². The fourth-order valence-electron chi connectivity index (χ4n) is 3.78. The number of H-pyrrole nitrogens is 1. The quantitative estimate of drug-likeness (QED) is 0.789. The number of esters is 1. The minimum absolute atomic E-state index is 0.122. The first-order valence-electron chi connectivity index (χ1n) is 8.24. The van der Waals surface area contributed by atoms with Crippen LogP contribution in [-0.4, -0.2) is 50.6 Å². The summed E-state index contributed by atoms with van der Waals surface area (Å²) in [6.07, 6.45) is 8.05. The molecule has 1 aromatic rings. The van der Waals surface area contributed by atoms with Crippen molar-refractivity contribution in [1.82, 2.24) is 14.9 Å². The number of hydrogen-bond acceptors (Lipinski definition) is 5. The molecule has 2 aliphatic rings. The summed E-state index contributed by atoms with van der Waals surface area (Å²) in [5.74, 6) is -0.193. The van der Waals surface area contributed by atoms with E-state index in [9.17, 15) is 14.7 Å². The lowest BCUT2D eigenvalue weighted by atomic mass is 9.75. The van der Waals surface area contributed by atoms with Gasteiger partial charge in [-0.15, -0.1) is 0 Å². The van der Waals surface area contributed by atoms with Crippen LogP contribution in [0.5, 0.6) is 0 Å². The first kappa shape index (κ1) is 16.0. The number of rotatable bonds is 5. The molecular weight excluding hydrogens is 298 g/mol. The third kappa shape index (κ3) is 3.24. The monoisotopic (exact) mass is 321 g/mol. The maximum Gasteiger partial charge on any atom is 0.307 e. The van der Waals surface area contributed by atoms with Crippen molar-refractivity contribution in [2.24, 2.45) is 5.92 Å². The van der Waals surface area contributed by atoms with Gasteiger partial charge in [-0.25, -0.2) is 4.98 Å². The summed E-state index contributed by atoms with van der Waals surface area (Å²) in [7, 11) is 0.